The van der Waals surface area contributed by atoms with Crippen LogP contribution in [-0.4, -0.2) is 32.3 Å². The van der Waals surface area contributed by atoms with Crippen LogP contribution in [0.5, 0.6) is 5.75 Å². The molecule has 1 aliphatic rings. The van der Waals surface area contributed by atoms with E-state index >= 15 is 0 Å². The number of primary amides is 1. The van der Waals surface area contributed by atoms with Crippen LogP contribution in [0.15, 0.2) is 23.4 Å². The zero-order valence-electron chi connectivity index (χ0n) is 19.3. The second-order valence-electron chi connectivity index (χ2n) is 8.26. The van der Waals surface area contributed by atoms with Crippen molar-refractivity contribution in [2.45, 2.75) is 51.4 Å². The number of hydrogen-bond donors (Lipinski definition) is 2. The molecule has 12 heteroatoms. The van der Waals surface area contributed by atoms with E-state index in [4.69, 9.17) is 22.1 Å². The van der Waals surface area contributed by atoms with Gasteiger partial charge in [0.2, 0.25) is 5.91 Å². The van der Waals surface area contributed by atoms with Gasteiger partial charge in [0.1, 0.15) is 23.2 Å². The standard InChI is InChI=1S/C23H25ClFN5O3S2/c1-3-30-18(10-33-16-7-5-13(25)9-15(16)24)28-29-23(30)34-11-19(31)27-22-20(21(26)32)14-6-4-12(2)8-17(14)35-22/h5,7,9,12H,3-4,6,8,10-11H2,1-2H3,(H2,26,32)(H,27,31). The number of carbonyl (C=O) groups is 2. The van der Waals surface area contributed by atoms with Crippen LogP contribution in [0.25, 0.3) is 0 Å². The Balaban J connectivity index is 1.40. The molecular formula is C23H25ClFN5O3S2. The van der Waals surface area contributed by atoms with E-state index in [1.807, 2.05) is 11.5 Å². The molecule has 0 fully saturated rings. The maximum absolute atomic E-state index is 13.2. The number of fused-ring (bicyclic) bond motifs is 1. The zero-order chi connectivity index (χ0) is 25.1. The highest BCUT2D eigenvalue weighted by molar-refractivity contribution is 7.99. The van der Waals surface area contributed by atoms with Gasteiger partial charge >= 0.3 is 0 Å². The van der Waals surface area contributed by atoms with Crippen molar-refractivity contribution >= 4 is 51.5 Å². The molecule has 0 saturated heterocycles. The minimum Gasteiger partial charge on any atom is -0.484 e. The number of aromatic nitrogens is 3. The van der Waals surface area contributed by atoms with Gasteiger partial charge in [0.25, 0.3) is 5.91 Å². The number of carbonyl (C=O) groups excluding carboxylic acids is 2. The number of halogens is 2. The van der Waals surface area contributed by atoms with Crippen molar-refractivity contribution in [3.63, 3.8) is 0 Å². The number of thiophene rings is 1. The van der Waals surface area contributed by atoms with Gasteiger partial charge in [-0.2, -0.15) is 0 Å². The highest BCUT2D eigenvalue weighted by Crippen LogP contribution is 2.39. The fourth-order valence-corrected chi connectivity index (χ4v) is 6.45. The molecular weight excluding hydrogens is 513 g/mol. The van der Waals surface area contributed by atoms with Crippen LogP contribution < -0.4 is 15.8 Å². The van der Waals surface area contributed by atoms with E-state index in [-0.39, 0.29) is 23.3 Å². The first-order valence-electron chi connectivity index (χ1n) is 11.1. The molecule has 0 radical (unpaired) electrons. The summed E-state index contributed by atoms with van der Waals surface area (Å²) in [6.07, 6.45) is 2.68. The summed E-state index contributed by atoms with van der Waals surface area (Å²) in [6.45, 7) is 4.76. The summed E-state index contributed by atoms with van der Waals surface area (Å²) in [4.78, 5) is 25.9. The van der Waals surface area contributed by atoms with Crippen LogP contribution >= 0.6 is 34.7 Å². The average molecular weight is 538 g/mol. The van der Waals surface area contributed by atoms with E-state index in [0.717, 1.165) is 29.7 Å². The highest BCUT2D eigenvalue weighted by atomic mass is 35.5. The van der Waals surface area contributed by atoms with Gasteiger partial charge in [0, 0.05) is 11.4 Å². The van der Waals surface area contributed by atoms with Gasteiger partial charge in [-0.15, -0.1) is 21.5 Å². The Morgan fingerprint density at radius 3 is 2.91 bits per heavy atom. The number of anilines is 1. The summed E-state index contributed by atoms with van der Waals surface area (Å²) in [5.41, 5.74) is 7.05. The van der Waals surface area contributed by atoms with E-state index in [2.05, 4.69) is 22.4 Å². The molecule has 1 atom stereocenters. The van der Waals surface area contributed by atoms with Gasteiger partial charge in [0.05, 0.1) is 16.3 Å². The van der Waals surface area contributed by atoms with E-state index < -0.39 is 11.7 Å². The molecule has 4 rings (SSSR count). The maximum atomic E-state index is 13.2. The smallest absolute Gasteiger partial charge is 0.251 e. The number of ether oxygens (including phenoxy) is 1. The average Bonchev–Trinajstić information content (AvgIpc) is 3.36. The molecule has 3 aromatic rings. The first kappa shape index (κ1) is 25.5. The summed E-state index contributed by atoms with van der Waals surface area (Å²) in [7, 11) is 0. The quantitative estimate of drug-likeness (QED) is 0.383. The topological polar surface area (TPSA) is 112 Å². The second-order valence-corrected chi connectivity index (χ2v) is 10.7. The molecule has 35 heavy (non-hydrogen) atoms. The molecule has 2 aromatic heterocycles. The summed E-state index contributed by atoms with van der Waals surface area (Å²) in [6, 6.07) is 3.89. The number of amides is 2. The van der Waals surface area contributed by atoms with Crippen molar-refractivity contribution in [1.82, 2.24) is 14.8 Å². The predicted molar refractivity (Wildman–Crippen MR) is 135 cm³/mol. The van der Waals surface area contributed by atoms with Crippen molar-refractivity contribution in [3.8, 4) is 5.75 Å². The number of thioether (sulfide) groups is 1. The van der Waals surface area contributed by atoms with E-state index in [1.54, 1.807) is 0 Å². The number of rotatable bonds is 9. The van der Waals surface area contributed by atoms with Crippen molar-refractivity contribution in [2.75, 3.05) is 11.1 Å². The Bertz CT molecular complexity index is 1260. The number of nitrogens with zero attached hydrogens (tertiary/aromatic N) is 3. The van der Waals surface area contributed by atoms with Crippen LogP contribution in [0.3, 0.4) is 0 Å². The lowest BCUT2D eigenvalue weighted by Gasteiger charge is -2.18. The Hall–Kier alpha value is -2.63. The largest absolute Gasteiger partial charge is 0.484 e. The first-order valence-corrected chi connectivity index (χ1v) is 13.3. The Kier molecular flexibility index (Phi) is 7.98. The molecule has 2 heterocycles. The number of benzene rings is 1. The van der Waals surface area contributed by atoms with Crippen LogP contribution in [-0.2, 0) is 30.8 Å². The van der Waals surface area contributed by atoms with Crippen LogP contribution in [0.2, 0.25) is 5.02 Å². The van der Waals surface area contributed by atoms with E-state index in [0.29, 0.717) is 39.8 Å². The van der Waals surface area contributed by atoms with Gasteiger partial charge in [-0.05, 0) is 55.9 Å². The molecule has 8 nitrogen and oxygen atoms in total. The normalized spacial score (nSPS) is 15.0. The summed E-state index contributed by atoms with van der Waals surface area (Å²) in [5, 5.41) is 12.4. The maximum Gasteiger partial charge on any atom is 0.251 e. The molecule has 2 amide bonds. The van der Waals surface area contributed by atoms with Gasteiger partial charge < -0.3 is 20.4 Å². The fraction of sp³-hybridized carbons (Fsp3) is 0.391. The molecule has 3 N–H and O–H groups in total. The monoisotopic (exact) mass is 537 g/mol. The summed E-state index contributed by atoms with van der Waals surface area (Å²) >= 11 is 8.68. The van der Waals surface area contributed by atoms with Crippen LogP contribution in [0.4, 0.5) is 9.39 Å². The molecule has 1 aliphatic carbocycles. The Morgan fingerprint density at radius 1 is 1.40 bits per heavy atom. The van der Waals surface area contributed by atoms with Crippen molar-refractivity contribution < 1.29 is 18.7 Å². The SMILES string of the molecule is CCn1c(COc2ccc(F)cc2Cl)nnc1SCC(=O)Nc1sc2c(c1C(N)=O)CCC(C)C2. The lowest BCUT2D eigenvalue weighted by molar-refractivity contribution is -0.113. The lowest BCUT2D eigenvalue weighted by Crippen LogP contribution is -2.20. The van der Waals surface area contributed by atoms with Crippen LogP contribution in [0, 0.1) is 11.7 Å². The van der Waals surface area contributed by atoms with E-state index in [1.165, 1.54) is 41.3 Å². The minimum atomic E-state index is -0.517. The molecule has 0 aliphatic heterocycles. The summed E-state index contributed by atoms with van der Waals surface area (Å²) in [5.74, 6) is 0.287. The fourth-order valence-electron chi connectivity index (χ4n) is 3.98. The van der Waals surface area contributed by atoms with Crippen LogP contribution in [0.1, 0.15) is 46.9 Å². The number of hydrogen-bond acceptors (Lipinski definition) is 7. The van der Waals surface area contributed by atoms with Gasteiger partial charge in [-0.1, -0.05) is 30.3 Å². The van der Waals surface area contributed by atoms with Gasteiger partial charge in [-0.25, -0.2) is 4.39 Å². The molecule has 0 spiro atoms. The van der Waals surface area contributed by atoms with Gasteiger partial charge in [0.15, 0.2) is 11.0 Å². The Morgan fingerprint density at radius 2 is 2.20 bits per heavy atom. The first-order chi connectivity index (χ1) is 16.8. The number of nitrogens with two attached hydrogens (primary N) is 1. The second kappa shape index (κ2) is 11.0. The third-order valence-corrected chi connectivity index (χ3v) is 8.14. The van der Waals surface area contributed by atoms with Crippen molar-refractivity contribution in [1.29, 1.82) is 0 Å². The lowest BCUT2D eigenvalue weighted by atomic mass is 9.88. The molecule has 0 saturated carbocycles. The van der Waals surface area contributed by atoms with Crippen molar-refractivity contribution in [3.05, 3.63) is 50.9 Å². The molecule has 0 bridgehead atoms. The predicted octanol–water partition coefficient (Wildman–Crippen LogP) is 4.69. The zero-order valence-corrected chi connectivity index (χ0v) is 21.7. The van der Waals surface area contributed by atoms with Gasteiger partial charge in [-0.3, -0.25) is 9.59 Å². The molecule has 1 aromatic carbocycles. The summed E-state index contributed by atoms with van der Waals surface area (Å²) < 4.78 is 20.7. The number of nitrogens with one attached hydrogen (secondary N) is 1. The molecule has 186 valence electrons. The Labute approximate surface area is 215 Å². The highest BCUT2D eigenvalue weighted by Gasteiger charge is 2.27. The minimum absolute atomic E-state index is 0.0833. The third kappa shape index (κ3) is 5.79. The van der Waals surface area contributed by atoms with E-state index in [9.17, 15) is 14.0 Å². The third-order valence-electron chi connectivity index (χ3n) is 5.70. The molecule has 1 unspecified atom stereocenters. The van der Waals surface area contributed by atoms with Crippen molar-refractivity contribution in [2.24, 2.45) is 11.7 Å².